The fourth-order valence-corrected chi connectivity index (χ4v) is 9.62. The van der Waals surface area contributed by atoms with E-state index in [-0.39, 0.29) is 35.4 Å². The van der Waals surface area contributed by atoms with Gasteiger partial charge in [0.1, 0.15) is 6.10 Å². The van der Waals surface area contributed by atoms with Crippen LogP contribution < -0.4 is 0 Å². The molecular weight excluding hydrogens is 1440 g/mol. The number of alkyl halides is 24. The van der Waals surface area contributed by atoms with Gasteiger partial charge in [0.25, 0.3) is 0 Å². The number of hydrogen-bond donors (Lipinski definition) is 3. The average Bonchev–Trinajstić information content (AvgIpc) is 1.05. The first-order valence-electron chi connectivity index (χ1n) is 28.9. The first-order valence-corrected chi connectivity index (χ1v) is 31.6. The first kappa shape index (κ1) is 93.0. The van der Waals surface area contributed by atoms with Crippen molar-refractivity contribution in [1.29, 1.82) is 0 Å². The van der Waals surface area contributed by atoms with Crippen LogP contribution in [0.1, 0.15) is 168 Å². The van der Waals surface area contributed by atoms with Crippen molar-refractivity contribution in [2.24, 2.45) is 23.7 Å². The van der Waals surface area contributed by atoms with Crippen molar-refractivity contribution in [2.75, 3.05) is 0 Å². The van der Waals surface area contributed by atoms with Crippen molar-refractivity contribution >= 4 is 38.6 Å². The van der Waals surface area contributed by atoms with Gasteiger partial charge in [0.2, 0.25) is 0 Å². The normalized spacial score (nSPS) is 14.8. The quantitative estimate of drug-likeness (QED) is 0.113. The monoisotopic (exact) mass is 1520 g/mol. The van der Waals surface area contributed by atoms with Gasteiger partial charge in [0.15, 0.2) is 12.2 Å². The van der Waals surface area contributed by atoms with Crippen molar-refractivity contribution in [1.82, 2.24) is 0 Å². The van der Waals surface area contributed by atoms with Crippen LogP contribution in [0.4, 0.5) is 105 Å². The lowest BCUT2D eigenvalue weighted by atomic mass is 9.87. The molecule has 8 unspecified atom stereocenters. The highest BCUT2D eigenvalue weighted by molar-refractivity contribution is 9.10. The van der Waals surface area contributed by atoms with Crippen molar-refractivity contribution < 1.29 is 121 Å². The van der Waals surface area contributed by atoms with E-state index in [1.165, 1.54) is 90.5 Å². The topological polar surface area (TPSA) is 60.7 Å². The molecule has 0 amide bonds. The summed E-state index contributed by atoms with van der Waals surface area (Å²) >= 11 is 5.59. The molecule has 0 fully saturated rings. The van der Waals surface area contributed by atoms with Crippen LogP contribution >= 0.6 is 38.6 Å². The highest BCUT2D eigenvalue weighted by atomic mass is 79.9. The highest BCUT2D eigenvalue weighted by Crippen LogP contribution is 2.43. The smallest absolute Gasteiger partial charge is 0.384 e. The van der Waals surface area contributed by atoms with Gasteiger partial charge in [0, 0.05) is 10.0 Å². The third-order valence-electron chi connectivity index (χ3n) is 13.6. The zero-order chi connectivity index (χ0) is 75.5. The molecule has 0 saturated carbocycles. The molecule has 8 atom stereocenters. The van der Waals surface area contributed by atoms with E-state index in [0.717, 1.165) is 39.4 Å². The molecule has 548 valence electrons. The van der Waals surface area contributed by atoms with Crippen molar-refractivity contribution in [3.05, 3.63) is 185 Å². The van der Waals surface area contributed by atoms with E-state index in [2.05, 4.69) is 15.9 Å². The van der Waals surface area contributed by atoms with Gasteiger partial charge in [-0.05, 0) is 139 Å². The summed E-state index contributed by atoms with van der Waals surface area (Å²) in [7, 11) is 0. The van der Waals surface area contributed by atoms with Gasteiger partial charge in [-0.1, -0.05) is 173 Å². The summed E-state index contributed by atoms with van der Waals surface area (Å²) in [6.07, 6.45) is -41.1. The number of rotatable bonds is 11. The molecule has 0 aliphatic rings. The summed E-state index contributed by atoms with van der Waals surface area (Å²) < 4.78 is 291. The lowest BCUT2D eigenvalue weighted by molar-refractivity contribution is -0.207. The number of aryl methyl sites for hydroxylation is 3. The zero-order valence-corrected chi connectivity index (χ0v) is 57.3. The largest absolute Gasteiger partial charge is 0.418 e. The molecule has 6 rings (SSSR count). The van der Waals surface area contributed by atoms with Crippen LogP contribution in [0.15, 0.2) is 135 Å². The molecule has 6 aromatic rings. The second kappa shape index (κ2) is 40.9. The molecule has 0 saturated heterocycles. The van der Waals surface area contributed by atoms with E-state index in [1.807, 2.05) is 13.8 Å². The van der Waals surface area contributed by atoms with Gasteiger partial charge < -0.3 is 15.3 Å². The molecule has 96 heavy (non-hydrogen) atoms. The second-order valence-electron chi connectivity index (χ2n) is 22.6. The van der Waals surface area contributed by atoms with E-state index in [0.29, 0.717) is 16.7 Å². The molecule has 2 aromatic heterocycles. The Morgan fingerprint density at radius 2 is 0.615 bits per heavy atom. The number of aliphatic hydroxyl groups excluding tert-OH is 3. The molecule has 4 aromatic carbocycles. The minimum Gasteiger partial charge on any atom is -0.384 e. The summed E-state index contributed by atoms with van der Waals surface area (Å²) in [4.78, 5) is 0. The van der Waals surface area contributed by atoms with E-state index < -0.39 is 109 Å². The molecular formula is C66H79BrF24O3S2. The van der Waals surface area contributed by atoms with Gasteiger partial charge in [-0.2, -0.15) is 128 Å². The van der Waals surface area contributed by atoms with E-state index in [9.17, 15) is 105 Å². The van der Waals surface area contributed by atoms with Crippen LogP contribution in [0.25, 0.3) is 0 Å². The minimum absolute atomic E-state index is 0.0949. The van der Waals surface area contributed by atoms with Crippen LogP contribution in [0.3, 0.4) is 0 Å². The lowest BCUT2D eigenvalue weighted by Gasteiger charge is -2.24. The molecule has 2 heterocycles. The number of halogens is 25. The minimum atomic E-state index is -4.59. The fraction of sp³-hybridized carbons (Fsp3) is 0.515. The predicted octanol–water partition coefficient (Wildman–Crippen LogP) is 25.6. The highest BCUT2D eigenvalue weighted by Gasteiger charge is 2.45. The number of aliphatic hydroxyl groups is 3. The predicted molar refractivity (Wildman–Crippen MR) is 332 cm³/mol. The Hall–Kier alpha value is -5.04. The van der Waals surface area contributed by atoms with Crippen LogP contribution in [0.2, 0.25) is 0 Å². The van der Waals surface area contributed by atoms with Gasteiger partial charge in [-0.3, -0.25) is 0 Å². The third kappa shape index (κ3) is 36.7. The third-order valence-corrected chi connectivity index (χ3v) is 15.5. The van der Waals surface area contributed by atoms with Gasteiger partial charge in [0.05, 0.1) is 29.6 Å². The Morgan fingerprint density at radius 1 is 0.323 bits per heavy atom. The van der Waals surface area contributed by atoms with Crippen LogP contribution in [0, 0.1) is 44.4 Å². The van der Waals surface area contributed by atoms with E-state index in [1.54, 1.807) is 121 Å². The van der Waals surface area contributed by atoms with Gasteiger partial charge in [-0.15, -0.1) is 0 Å². The molecule has 0 bridgehead atoms. The maximum absolute atomic E-state index is 12.8. The maximum Gasteiger partial charge on any atom is 0.418 e. The van der Waals surface area contributed by atoms with Crippen molar-refractivity contribution in [2.45, 2.75) is 194 Å². The summed E-state index contributed by atoms with van der Waals surface area (Å²) in [6.45, 7) is 20.2. The van der Waals surface area contributed by atoms with Crippen LogP contribution in [-0.4, -0.2) is 70.8 Å². The molecule has 0 spiro atoms. The number of hydrogen-bond acceptors (Lipinski definition) is 5. The summed E-state index contributed by atoms with van der Waals surface area (Å²) in [6, 6.07) is 27.6. The Morgan fingerprint density at radius 3 is 0.833 bits per heavy atom. The molecule has 30 heteroatoms. The standard InChI is InChI=1S/C12H15F3.C10H11F3.C9H8BrF3.C9H9F3O.C9H11F3S.C7H13F3.C6H5F3OS.C4H7F3O/c1-8(2)11(12(13,14)15)10-6-4-9(3)5-7-10;1-7-3-5-9(6-4-7)8(2)10(11,12)13;1-6(9(11,12)13)7-2-4-8(10)5-3-7;1-6-2-4-7(5-3-6)8(13)9(10,11)12;1-6(2)8(9(10,11)12)7-3-4-13-5-7;1-4-6(5(2)3)7(8,9)10;7-6(8,9)5(10)4-1-2-11-3-4;1-2-3(8)4(5,6)7/h4-8,11H,1-3H3;3-6,8H,1-2H3;2-6H,1H3;2-5,8,13H,1H3;3-6,8H,1-2H3;5-6H,4H2,1-3H3;1-3,5,10H;3,8H,2H2,1H3. The Labute approximate surface area is 560 Å². The average molecular weight is 1520 g/mol. The van der Waals surface area contributed by atoms with Crippen molar-refractivity contribution in [3.8, 4) is 0 Å². The maximum atomic E-state index is 12.8. The summed E-state index contributed by atoms with van der Waals surface area (Å²) in [5.74, 6) is -7.75. The lowest BCUT2D eigenvalue weighted by Crippen LogP contribution is -2.27. The van der Waals surface area contributed by atoms with Crippen LogP contribution in [0.5, 0.6) is 0 Å². The Bertz CT molecular complexity index is 2800. The SMILES string of the molecule is CC(C)C(c1ccsc1)C(F)(F)F.CC(c1ccc(Br)cc1)C(F)(F)F.CCC(C(C)C)C(F)(F)F.CCC(O)C(F)(F)F.Cc1ccc(C(C(C)C)C(F)(F)F)cc1.Cc1ccc(C(C)C(F)(F)F)cc1.Cc1ccc(C(O)C(F)(F)F)cc1.OC(c1ccsc1)C(F)(F)F. The molecule has 3 N–H and O–H groups in total. The molecule has 0 aliphatic heterocycles. The Balaban J connectivity index is 0. The van der Waals surface area contributed by atoms with Gasteiger partial charge >= 0.3 is 49.4 Å². The van der Waals surface area contributed by atoms with Crippen LogP contribution in [-0.2, 0) is 0 Å². The molecule has 0 radical (unpaired) electrons. The molecule has 3 nitrogen and oxygen atoms in total. The fourth-order valence-electron chi connectivity index (χ4n) is 7.98. The number of thiophene rings is 2. The van der Waals surface area contributed by atoms with Crippen molar-refractivity contribution in [3.63, 3.8) is 0 Å². The second-order valence-corrected chi connectivity index (χ2v) is 25.1. The first-order chi connectivity index (χ1) is 43.4. The van der Waals surface area contributed by atoms with Gasteiger partial charge in [-0.25, -0.2) is 0 Å². The van der Waals surface area contributed by atoms with E-state index in [4.69, 9.17) is 15.3 Å². The Kier molecular flexibility index (Phi) is 39.6. The number of benzene rings is 4. The zero-order valence-electron chi connectivity index (χ0n) is 54.1. The molecule has 0 aliphatic carbocycles. The summed E-state index contributed by atoms with van der Waals surface area (Å²) in [5.41, 5.74) is 3.92. The summed E-state index contributed by atoms with van der Waals surface area (Å²) in [5, 5.41) is 31.5. The van der Waals surface area contributed by atoms with E-state index >= 15 is 0 Å².